The van der Waals surface area contributed by atoms with Crippen molar-refractivity contribution in [1.82, 2.24) is 9.55 Å². The predicted octanol–water partition coefficient (Wildman–Crippen LogP) is 2.31. The van der Waals surface area contributed by atoms with Gasteiger partial charge >= 0.3 is 5.97 Å². The minimum atomic E-state index is -0.368. The zero-order valence-corrected chi connectivity index (χ0v) is 12.9. The molecular weight excluding hydrogens is 292 g/mol. The lowest BCUT2D eigenvalue weighted by Gasteiger charge is -2.09. The molecule has 0 aliphatic carbocycles. The van der Waals surface area contributed by atoms with E-state index in [1.807, 2.05) is 30.3 Å². The van der Waals surface area contributed by atoms with Gasteiger partial charge in [0.15, 0.2) is 0 Å². The van der Waals surface area contributed by atoms with Gasteiger partial charge in [0.1, 0.15) is 5.82 Å². The Labute approximate surface area is 133 Å². The lowest BCUT2D eigenvalue weighted by atomic mass is 10.1. The summed E-state index contributed by atoms with van der Waals surface area (Å²) in [6.07, 6.45) is 0.512. The van der Waals surface area contributed by atoms with Gasteiger partial charge in [-0.2, -0.15) is 0 Å². The van der Waals surface area contributed by atoms with E-state index in [1.165, 1.54) is 7.11 Å². The zero-order chi connectivity index (χ0) is 16.4. The maximum atomic E-state index is 12.4. The molecular formula is C18H16N2O3. The van der Waals surface area contributed by atoms with Gasteiger partial charge in [-0.1, -0.05) is 24.3 Å². The monoisotopic (exact) mass is 308 g/mol. The minimum absolute atomic E-state index is 0.0585. The Hall–Kier alpha value is -2.95. The number of para-hydroxylation sites is 1. The Bertz CT molecular complexity index is 927. The highest BCUT2D eigenvalue weighted by atomic mass is 16.5. The van der Waals surface area contributed by atoms with E-state index in [4.69, 9.17) is 0 Å². The van der Waals surface area contributed by atoms with Crippen LogP contribution in [0.5, 0.6) is 0 Å². The van der Waals surface area contributed by atoms with Gasteiger partial charge in [-0.25, -0.2) is 9.78 Å². The molecule has 0 amide bonds. The average Bonchev–Trinajstić information content (AvgIpc) is 2.59. The second-order valence-electron chi connectivity index (χ2n) is 5.27. The number of carbonyl (C=O) groups excluding carboxylic acids is 1. The van der Waals surface area contributed by atoms with Gasteiger partial charge in [0, 0.05) is 13.5 Å². The smallest absolute Gasteiger partial charge is 0.337 e. The fourth-order valence-corrected chi connectivity index (χ4v) is 2.48. The van der Waals surface area contributed by atoms with E-state index in [0.717, 1.165) is 5.56 Å². The van der Waals surface area contributed by atoms with Crippen LogP contribution in [0.15, 0.2) is 53.3 Å². The average molecular weight is 308 g/mol. The van der Waals surface area contributed by atoms with Crippen LogP contribution in [0.4, 0.5) is 0 Å². The van der Waals surface area contributed by atoms with Crippen LogP contribution in [0.3, 0.4) is 0 Å². The molecule has 116 valence electrons. The van der Waals surface area contributed by atoms with Gasteiger partial charge < -0.3 is 4.74 Å². The van der Waals surface area contributed by atoms with Crippen LogP contribution < -0.4 is 5.56 Å². The van der Waals surface area contributed by atoms with Crippen molar-refractivity contribution in [2.45, 2.75) is 6.42 Å². The molecule has 0 fully saturated rings. The largest absolute Gasteiger partial charge is 0.465 e. The van der Waals surface area contributed by atoms with Crippen molar-refractivity contribution in [1.29, 1.82) is 0 Å². The molecule has 3 rings (SSSR count). The summed E-state index contributed by atoms with van der Waals surface area (Å²) in [5.41, 5.74) is 2.10. The Morgan fingerprint density at radius 3 is 2.52 bits per heavy atom. The lowest BCUT2D eigenvalue weighted by Crippen LogP contribution is -2.22. The number of aromatic nitrogens is 2. The van der Waals surface area contributed by atoms with Crippen molar-refractivity contribution in [2.24, 2.45) is 7.05 Å². The quantitative estimate of drug-likeness (QED) is 0.697. The van der Waals surface area contributed by atoms with E-state index in [1.54, 1.807) is 29.8 Å². The number of ether oxygens (including phenoxy) is 1. The maximum absolute atomic E-state index is 12.4. The Kier molecular flexibility index (Phi) is 3.93. The molecule has 0 unspecified atom stereocenters. The number of esters is 1. The first-order valence-corrected chi connectivity index (χ1v) is 7.22. The van der Waals surface area contributed by atoms with E-state index in [2.05, 4.69) is 9.72 Å². The van der Waals surface area contributed by atoms with Crippen LogP contribution in [-0.2, 0) is 18.2 Å². The fraction of sp³-hybridized carbons (Fsp3) is 0.167. The Morgan fingerprint density at radius 1 is 1.13 bits per heavy atom. The Morgan fingerprint density at radius 2 is 1.83 bits per heavy atom. The van der Waals surface area contributed by atoms with Crippen molar-refractivity contribution in [3.8, 4) is 0 Å². The standard InChI is InChI=1S/C18H16N2O3/c1-20-16(19-15-6-4-3-5-14(15)17(20)21)11-12-7-9-13(10-8-12)18(22)23-2/h3-10H,11H2,1-2H3. The van der Waals surface area contributed by atoms with E-state index in [-0.39, 0.29) is 11.5 Å². The molecule has 1 heterocycles. The summed E-state index contributed by atoms with van der Waals surface area (Å²) in [5, 5.41) is 0.611. The third-order valence-corrected chi connectivity index (χ3v) is 3.81. The van der Waals surface area contributed by atoms with E-state index in [9.17, 15) is 9.59 Å². The van der Waals surface area contributed by atoms with Gasteiger partial charge in [0.05, 0.1) is 23.6 Å². The normalized spacial score (nSPS) is 10.7. The zero-order valence-electron chi connectivity index (χ0n) is 12.9. The number of rotatable bonds is 3. The maximum Gasteiger partial charge on any atom is 0.337 e. The first-order chi connectivity index (χ1) is 11.1. The van der Waals surface area contributed by atoms with Crippen molar-refractivity contribution in [3.63, 3.8) is 0 Å². The molecule has 3 aromatic rings. The van der Waals surface area contributed by atoms with Crippen LogP contribution in [-0.4, -0.2) is 22.6 Å². The van der Waals surface area contributed by atoms with Crippen molar-refractivity contribution >= 4 is 16.9 Å². The summed E-state index contributed by atoms with van der Waals surface area (Å²) in [6.45, 7) is 0. The van der Waals surface area contributed by atoms with E-state index in [0.29, 0.717) is 28.7 Å². The van der Waals surface area contributed by atoms with Crippen molar-refractivity contribution in [2.75, 3.05) is 7.11 Å². The van der Waals surface area contributed by atoms with Crippen molar-refractivity contribution in [3.05, 3.63) is 75.8 Å². The van der Waals surface area contributed by atoms with Crippen LogP contribution in [0.1, 0.15) is 21.7 Å². The summed E-state index contributed by atoms with van der Waals surface area (Å²) in [5.74, 6) is 0.312. The highest BCUT2D eigenvalue weighted by Gasteiger charge is 2.09. The molecule has 0 aliphatic rings. The van der Waals surface area contributed by atoms with Crippen LogP contribution in [0.25, 0.3) is 10.9 Å². The first kappa shape index (κ1) is 15.0. The summed E-state index contributed by atoms with van der Waals surface area (Å²) < 4.78 is 6.25. The van der Waals surface area contributed by atoms with Crippen LogP contribution in [0.2, 0.25) is 0 Å². The second kappa shape index (κ2) is 6.04. The van der Waals surface area contributed by atoms with E-state index < -0.39 is 0 Å². The molecule has 0 saturated carbocycles. The molecule has 23 heavy (non-hydrogen) atoms. The highest BCUT2D eigenvalue weighted by molar-refractivity contribution is 5.89. The number of hydrogen-bond donors (Lipinski definition) is 0. The molecule has 0 radical (unpaired) electrons. The number of methoxy groups -OCH3 is 1. The number of fused-ring (bicyclic) bond motifs is 1. The third-order valence-electron chi connectivity index (χ3n) is 3.81. The fourth-order valence-electron chi connectivity index (χ4n) is 2.48. The number of nitrogens with zero attached hydrogens (tertiary/aromatic N) is 2. The Balaban J connectivity index is 1.97. The highest BCUT2D eigenvalue weighted by Crippen LogP contribution is 2.12. The topological polar surface area (TPSA) is 61.2 Å². The van der Waals surface area contributed by atoms with Gasteiger partial charge in [-0.15, -0.1) is 0 Å². The van der Waals surface area contributed by atoms with Gasteiger partial charge in [-0.05, 0) is 29.8 Å². The molecule has 2 aromatic carbocycles. The number of benzene rings is 2. The molecule has 0 aliphatic heterocycles. The lowest BCUT2D eigenvalue weighted by molar-refractivity contribution is 0.0600. The van der Waals surface area contributed by atoms with Gasteiger partial charge in [0.2, 0.25) is 0 Å². The summed E-state index contributed by atoms with van der Waals surface area (Å²) >= 11 is 0. The third kappa shape index (κ3) is 2.85. The number of hydrogen-bond acceptors (Lipinski definition) is 4. The molecule has 1 aromatic heterocycles. The second-order valence-corrected chi connectivity index (χ2v) is 5.27. The molecule has 0 atom stereocenters. The number of carbonyl (C=O) groups is 1. The summed E-state index contributed by atoms with van der Waals surface area (Å²) in [7, 11) is 3.07. The van der Waals surface area contributed by atoms with Crippen LogP contribution >= 0.6 is 0 Å². The van der Waals surface area contributed by atoms with Gasteiger partial charge in [0.25, 0.3) is 5.56 Å². The van der Waals surface area contributed by atoms with E-state index >= 15 is 0 Å². The summed E-state index contributed by atoms with van der Waals surface area (Å²) in [6, 6.07) is 14.4. The predicted molar refractivity (Wildman–Crippen MR) is 87.6 cm³/mol. The molecule has 5 heteroatoms. The van der Waals surface area contributed by atoms with Crippen LogP contribution in [0, 0.1) is 0 Å². The van der Waals surface area contributed by atoms with Crippen molar-refractivity contribution < 1.29 is 9.53 Å². The molecule has 0 bridgehead atoms. The summed E-state index contributed by atoms with van der Waals surface area (Å²) in [4.78, 5) is 28.4. The molecule has 0 saturated heterocycles. The first-order valence-electron chi connectivity index (χ1n) is 7.22. The molecule has 0 N–H and O–H groups in total. The van der Waals surface area contributed by atoms with Gasteiger partial charge in [-0.3, -0.25) is 9.36 Å². The molecule has 5 nitrogen and oxygen atoms in total. The SMILES string of the molecule is COC(=O)c1ccc(Cc2nc3ccccc3c(=O)n2C)cc1. The minimum Gasteiger partial charge on any atom is -0.465 e. The molecule has 0 spiro atoms.